The number of nitrogens with one attached hydrogen (secondary N) is 1. The van der Waals surface area contributed by atoms with Crippen molar-refractivity contribution in [3.05, 3.63) is 28.2 Å². The van der Waals surface area contributed by atoms with Crippen molar-refractivity contribution in [2.75, 3.05) is 5.32 Å². The second kappa shape index (κ2) is 5.98. The highest BCUT2D eigenvalue weighted by Gasteiger charge is 2.30. The van der Waals surface area contributed by atoms with E-state index in [1.807, 2.05) is 19.9 Å². The number of hydrogen-bond donors (Lipinski definition) is 2. The molecule has 0 saturated carbocycles. The number of nitriles is 1. The number of nitrogens with zero attached hydrogens (tertiary/aromatic N) is 1. The first-order valence-corrected chi connectivity index (χ1v) is 6.56. The molecule has 0 aliphatic heterocycles. The first-order valence-electron chi connectivity index (χ1n) is 5.76. The number of anilines is 1. The Morgan fingerprint density at radius 1 is 1.50 bits per heavy atom. The number of amides is 1. The smallest absolute Gasteiger partial charge is 0.244 e. The van der Waals surface area contributed by atoms with E-state index in [0.717, 1.165) is 4.47 Å². The summed E-state index contributed by atoms with van der Waals surface area (Å²) in [5.41, 5.74) is 6.01. The fourth-order valence-electron chi connectivity index (χ4n) is 1.54. The molecule has 0 fully saturated rings. The molecule has 1 rings (SSSR count). The third-order valence-corrected chi connectivity index (χ3v) is 3.56. The quantitative estimate of drug-likeness (QED) is 0.897. The number of rotatable bonds is 4. The van der Waals surface area contributed by atoms with Crippen molar-refractivity contribution in [3.8, 4) is 6.07 Å². The van der Waals surface area contributed by atoms with Crippen molar-refractivity contribution in [2.45, 2.75) is 32.2 Å². The van der Waals surface area contributed by atoms with Crippen LogP contribution in [-0.2, 0) is 4.79 Å². The second-order valence-electron chi connectivity index (χ2n) is 4.12. The Morgan fingerprint density at radius 3 is 2.61 bits per heavy atom. The molecular formula is C13H16BrN3O. The number of carbonyl (C=O) groups is 1. The zero-order valence-corrected chi connectivity index (χ0v) is 12.0. The van der Waals surface area contributed by atoms with E-state index in [2.05, 4.69) is 21.2 Å². The van der Waals surface area contributed by atoms with Gasteiger partial charge in [0.25, 0.3) is 0 Å². The van der Waals surface area contributed by atoms with Gasteiger partial charge in [-0.25, -0.2) is 0 Å². The predicted octanol–water partition coefficient (Wildman–Crippen LogP) is 2.78. The average molecular weight is 310 g/mol. The molecule has 0 aliphatic rings. The maximum atomic E-state index is 12.1. The van der Waals surface area contributed by atoms with Crippen LogP contribution in [0, 0.1) is 11.3 Å². The van der Waals surface area contributed by atoms with Crippen LogP contribution in [0.4, 0.5) is 5.69 Å². The van der Waals surface area contributed by atoms with Crippen molar-refractivity contribution in [1.29, 1.82) is 5.26 Å². The van der Waals surface area contributed by atoms with Crippen LogP contribution >= 0.6 is 15.9 Å². The van der Waals surface area contributed by atoms with Crippen LogP contribution in [0.2, 0.25) is 0 Å². The van der Waals surface area contributed by atoms with Crippen LogP contribution in [0.15, 0.2) is 22.7 Å². The molecule has 0 radical (unpaired) electrons. The predicted molar refractivity (Wildman–Crippen MR) is 75.0 cm³/mol. The van der Waals surface area contributed by atoms with Crippen LogP contribution in [-0.4, -0.2) is 11.4 Å². The lowest BCUT2D eigenvalue weighted by atomic mass is 9.93. The SMILES string of the molecule is CCC(N)(CC)C(=O)Nc1cc(Br)ccc1C#N. The van der Waals surface area contributed by atoms with Gasteiger partial charge in [0, 0.05) is 4.47 Å². The van der Waals surface area contributed by atoms with Gasteiger partial charge in [0.15, 0.2) is 0 Å². The molecule has 3 N–H and O–H groups in total. The van der Waals surface area contributed by atoms with Crippen molar-refractivity contribution < 1.29 is 4.79 Å². The van der Waals surface area contributed by atoms with Gasteiger partial charge in [-0.2, -0.15) is 5.26 Å². The molecular weight excluding hydrogens is 294 g/mol. The summed E-state index contributed by atoms with van der Waals surface area (Å²) in [6, 6.07) is 7.14. The summed E-state index contributed by atoms with van der Waals surface area (Å²) >= 11 is 3.31. The molecule has 18 heavy (non-hydrogen) atoms. The summed E-state index contributed by atoms with van der Waals surface area (Å²) < 4.78 is 0.799. The van der Waals surface area contributed by atoms with E-state index >= 15 is 0 Å². The maximum Gasteiger partial charge on any atom is 0.244 e. The zero-order chi connectivity index (χ0) is 13.8. The van der Waals surface area contributed by atoms with Gasteiger partial charge in [-0.15, -0.1) is 0 Å². The van der Waals surface area contributed by atoms with E-state index in [-0.39, 0.29) is 5.91 Å². The van der Waals surface area contributed by atoms with Gasteiger partial charge in [-0.1, -0.05) is 29.8 Å². The monoisotopic (exact) mass is 309 g/mol. The van der Waals surface area contributed by atoms with Crippen molar-refractivity contribution in [1.82, 2.24) is 0 Å². The van der Waals surface area contributed by atoms with E-state index in [4.69, 9.17) is 11.0 Å². The maximum absolute atomic E-state index is 12.1. The Bertz CT molecular complexity index is 489. The summed E-state index contributed by atoms with van der Waals surface area (Å²) in [5.74, 6) is -0.262. The number of halogens is 1. The summed E-state index contributed by atoms with van der Waals surface area (Å²) in [4.78, 5) is 12.1. The molecule has 0 bridgehead atoms. The molecule has 1 aromatic carbocycles. The van der Waals surface area contributed by atoms with Gasteiger partial charge >= 0.3 is 0 Å². The Morgan fingerprint density at radius 2 is 2.11 bits per heavy atom. The van der Waals surface area contributed by atoms with E-state index in [1.54, 1.807) is 18.2 Å². The Kier molecular flexibility index (Phi) is 4.88. The highest BCUT2D eigenvalue weighted by Crippen LogP contribution is 2.22. The zero-order valence-electron chi connectivity index (χ0n) is 10.5. The van der Waals surface area contributed by atoms with Crippen molar-refractivity contribution in [2.24, 2.45) is 5.73 Å². The first kappa shape index (κ1) is 14.7. The molecule has 5 heteroatoms. The van der Waals surface area contributed by atoms with Crippen molar-refractivity contribution >= 4 is 27.5 Å². The molecule has 4 nitrogen and oxygen atoms in total. The third kappa shape index (κ3) is 3.09. The molecule has 1 aromatic rings. The normalized spacial score (nSPS) is 10.8. The molecule has 0 spiro atoms. The number of benzene rings is 1. The van der Waals surface area contributed by atoms with Crippen molar-refractivity contribution in [3.63, 3.8) is 0 Å². The minimum Gasteiger partial charge on any atom is -0.323 e. The minimum absolute atomic E-state index is 0.262. The summed E-state index contributed by atoms with van der Waals surface area (Å²) in [6.07, 6.45) is 1.09. The largest absolute Gasteiger partial charge is 0.323 e. The first-order chi connectivity index (χ1) is 8.46. The summed E-state index contributed by atoms with van der Waals surface area (Å²) in [5, 5.41) is 11.7. The molecule has 0 aromatic heterocycles. The van der Waals surface area contributed by atoms with Gasteiger partial charge in [-0.3, -0.25) is 4.79 Å². The standard InChI is InChI=1S/C13H16BrN3O/c1-3-13(16,4-2)12(18)17-11-7-10(14)6-5-9(11)8-15/h5-7H,3-4,16H2,1-2H3,(H,17,18). The van der Waals surface area contributed by atoms with Gasteiger partial charge in [0.2, 0.25) is 5.91 Å². The van der Waals surface area contributed by atoms with Gasteiger partial charge in [-0.05, 0) is 31.0 Å². The molecule has 0 aliphatic carbocycles. The molecule has 0 unspecified atom stereocenters. The molecule has 1 amide bonds. The highest BCUT2D eigenvalue weighted by molar-refractivity contribution is 9.10. The van der Waals surface area contributed by atoms with Crippen LogP contribution < -0.4 is 11.1 Å². The topological polar surface area (TPSA) is 78.9 Å². The minimum atomic E-state index is -0.894. The summed E-state index contributed by atoms with van der Waals surface area (Å²) in [7, 11) is 0. The second-order valence-corrected chi connectivity index (χ2v) is 5.03. The molecule has 0 saturated heterocycles. The lowest BCUT2D eigenvalue weighted by Gasteiger charge is -2.25. The Hall–Kier alpha value is -1.38. The average Bonchev–Trinajstić information content (AvgIpc) is 2.38. The van der Waals surface area contributed by atoms with E-state index < -0.39 is 5.54 Å². The van der Waals surface area contributed by atoms with Crippen LogP contribution in [0.25, 0.3) is 0 Å². The molecule has 0 heterocycles. The number of hydrogen-bond acceptors (Lipinski definition) is 3. The Labute approximate surface area is 115 Å². The molecule has 0 atom stereocenters. The van der Waals surface area contributed by atoms with E-state index in [9.17, 15) is 4.79 Å². The van der Waals surface area contributed by atoms with E-state index in [1.165, 1.54) is 0 Å². The lowest BCUT2D eigenvalue weighted by Crippen LogP contribution is -2.50. The number of nitrogens with two attached hydrogens (primary N) is 1. The highest BCUT2D eigenvalue weighted by atomic mass is 79.9. The van der Waals surface area contributed by atoms with Crippen LogP contribution in [0.5, 0.6) is 0 Å². The van der Waals surface area contributed by atoms with Gasteiger partial charge < -0.3 is 11.1 Å². The van der Waals surface area contributed by atoms with Gasteiger partial charge in [0.1, 0.15) is 6.07 Å². The lowest BCUT2D eigenvalue weighted by molar-refractivity contribution is -0.121. The van der Waals surface area contributed by atoms with E-state index in [0.29, 0.717) is 24.1 Å². The fourth-order valence-corrected chi connectivity index (χ4v) is 1.90. The summed E-state index contributed by atoms with van der Waals surface area (Å²) in [6.45, 7) is 3.74. The van der Waals surface area contributed by atoms with Crippen LogP contribution in [0.1, 0.15) is 32.3 Å². The Balaban J connectivity index is 3.02. The number of carbonyl (C=O) groups excluding carboxylic acids is 1. The third-order valence-electron chi connectivity index (χ3n) is 3.06. The van der Waals surface area contributed by atoms with Crippen LogP contribution in [0.3, 0.4) is 0 Å². The fraction of sp³-hybridized carbons (Fsp3) is 0.385. The molecule has 96 valence electrons. The van der Waals surface area contributed by atoms with Gasteiger partial charge in [0.05, 0.1) is 16.8 Å².